The van der Waals surface area contributed by atoms with Crippen LogP contribution in [0, 0.1) is 6.92 Å². The summed E-state index contributed by atoms with van der Waals surface area (Å²) in [5, 5.41) is 3.05. The molecule has 35 heavy (non-hydrogen) atoms. The fraction of sp³-hybridized carbons (Fsp3) is 0.138. The van der Waals surface area contributed by atoms with Gasteiger partial charge in [-0.25, -0.2) is 8.42 Å². The van der Waals surface area contributed by atoms with Crippen molar-refractivity contribution in [3.8, 4) is 0 Å². The molecule has 0 bridgehead atoms. The van der Waals surface area contributed by atoms with Gasteiger partial charge in [-0.15, -0.1) is 0 Å². The van der Waals surface area contributed by atoms with Gasteiger partial charge in [0.05, 0.1) is 17.5 Å². The van der Waals surface area contributed by atoms with E-state index in [0.29, 0.717) is 0 Å². The number of amides is 1. The highest BCUT2D eigenvalue weighted by molar-refractivity contribution is 7.89. The Balaban J connectivity index is 1.62. The lowest BCUT2D eigenvalue weighted by Crippen LogP contribution is -2.41. The molecule has 0 aliphatic carbocycles. The predicted molar refractivity (Wildman–Crippen MR) is 138 cm³/mol. The van der Waals surface area contributed by atoms with E-state index in [0.717, 1.165) is 22.3 Å². The van der Waals surface area contributed by atoms with Gasteiger partial charge in [-0.3, -0.25) is 4.79 Å². The van der Waals surface area contributed by atoms with Crippen molar-refractivity contribution in [2.45, 2.75) is 24.4 Å². The highest BCUT2D eigenvalue weighted by atomic mass is 32.2. The Morgan fingerprint density at radius 2 is 1.23 bits per heavy atom. The summed E-state index contributed by atoms with van der Waals surface area (Å²) in [6.45, 7) is 1.76. The van der Waals surface area contributed by atoms with Crippen LogP contribution in [0.4, 0.5) is 0 Å². The van der Waals surface area contributed by atoms with E-state index in [2.05, 4.69) is 5.32 Å². The number of nitrogens with one attached hydrogen (secondary N) is 1. The molecule has 4 aromatic rings. The Labute approximate surface area is 207 Å². The van der Waals surface area contributed by atoms with Gasteiger partial charge >= 0.3 is 0 Å². The molecule has 0 atom stereocenters. The lowest BCUT2D eigenvalue weighted by Gasteiger charge is -2.25. The first-order chi connectivity index (χ1) is 16.9. The van der Waals surface area contributed by atoms with E-state index in [9.17, 15) is 13.2 Å². The molecule has 0 saturated carbocycles. The number of carbonyl (C=O) groups is 1. The van der Waals surface area contributed by atoms with Crippen LogP contribution in [0.5, 0.6) is 0 Å². The fourth-order valence-corrected chi connectivity index (χ4v) is 5.29. The summed E-state index contributed by atoms with van der Waals surface area (Å²) in [6.07, 6.45) is 0. The summed E-state index contributed by atoms with van der Waals surface area (Å²) >= 11 is 0. The first-order valence-electron chi connectivity index (χ1n) is 11.4. The van der Waals surface area contributed by atoms with E-state index in [1.807, 2.05) is 91.9 Å². The molecule has 0 radical (unpaired) electrons. The maximum Gasteiger partial charge on any atom is 0.243 e. The molecule has 0 unspecified atom stereocenters. The Morgan fingerprint density at radius 1 is 0.743 bits per heavy atom. The third-order valence-corrected chi connectivity index (χ3v) is 7.56. The topological polar surface area (TPSA) is 66.5 Å². The number of hydrogen-bond acceptors (Lipinski definition) is 3. The zero-order valence-corrected chi connectivity index (χ0v) is 20.4. The maximum atomic E-state index is 13.5. The highest BCUT2D eigenvalue weighted by Gasteiger charge is 2.28. The zero-order chi connectivity index (χ0) is 24.7. The molecule has 4 rings (SSSR count). The van der Waals surface area contributed by atoms with Crippen LogP contribution in [0.3, 0.4) is 0 Å². The summed E-state index contributed by atoms with van der Waals surface area (Å²) in [6, 6.07) is 34.8. The summed E-state index contributed by atoms with van der Waals surface area (Å²) < 4.78 is 28.3. The van der Waals surface area contributed by atoms with Crippen LogP contribution in [0.2, 0.25) is 0 Å². The third kappa shape index (κ3) is 6.23. The van der Waals surface area contributed by atoms with E-state index in [-0.39, 0.29) is 23.9 Å². The van der Waals surface area contributed by atoms with Crippen LogP contribution in [0.25, 0.3) is 0 Å². The molecule has 5 nitrogen and oxygen atoms in total. The van der Waals surface area contributed by atoms with Gasteiger partial charge in [-0.2, -0.15) is 4.31 Å². The lowest BCUT2D eigenvalue weighted by molar-refractivity contribution is -0.121. The monoisotopic (exact) mass is 484 g/mol. The first-order valence-corrected chi connectivity index (χ1v) is 12.9. The highest BCUT2D eigenvalue weighted by Crippen LogP contribution is 2.23. The van der Waals surface area contributed by atoms with Crippen LogP contribution >= 0.6 is 0 Å². The van der Waals surface area contributed by atoms with Crippen molar-refractivity contribution >= 4 is 15.9 Å². The zero-order valence-electron chi connectivity index (χ0n) is 19.5. The maximum absolute atomic E-state index is 13.5. The number of hydrogen-bond donors (Lipinski definition) is 1. The van der Waals surface area contributed by atoms with E-state index >= 15 is 0 Å². The molecular weight excluding hydrogens is 456 g/mol. The Bertz CT molecular complexity index is 1300. The second-order valence-corrected chi connectivity index (χ2v) is 10.3. The molecule has 4 aromatic carbocycles. The Morgan fingerprint density at radius 3 is 1.74 bits per heavy atom. The average molecular weight is 485 g/mol. The minimum absolute atomic E-state index is 0.0896. The van der Waals surface area contributed by atoms with Gasteiger partial charge in [0.2, 0.25) is 15.9 Å². The number of carbonyl (C=O) groups excluding carboxylic acids is 1. The molecule has 0 saturated heterocycles. The van der Waals surface area contributed by atoms with Crippen molar-refractivity contribution in [2.24, 2.45) is 0 Å². The van der Waals surface area contributed by atoms with Gasteiger partial charge in [0, 0.05) is 6.54 Å². The molecule has 1 amide bonds. The molecule has 178 valence electrons. The SMILES string of the molecule is Cc1ccc(CN(CC(=O)NC(c2ccccc2)c2ccccc2)S(=O)(=O)c2ccccc2)cc1. The number of rotatable bonds is 9. The normalized spacial score (nSPS) is 11.5. The quantitative estimate of drug-likeness (QED) is 0.360. The van der Waals surface area contributed by atoms with Crippen molar-refractivity contribution in [3.63, 3.8) is 0 Å². The van der Waals surface area contributed by atoms with Crippen LogP contribution < -0.4 is 5.32 Å². The van der Waals surface area contributed by atoms with E-state index in [4.69, 9.17) is 0 Å². The third-order valence-electron chi connectivity index (χ3n) is 5.75. The van der Waals surface area contributed by atoms with E-state index in [1.54, 1.807) is 30.3 Å². The summed E-state index contributed by atoms with van der Waals surface area (Å²) in [7, 11) is -3.90. The number of benzene rings is 4. The van der Waals surface area contributed by atoms with Crippen molar-refractivity contribution in [1.29, 1.82) is 0 Å². The number of nitrogens with zero attached hydrogens (tertiary/aromatic N) is 1. The first kappa shape index (κ1) is 24.4. The smallest absolute Gasteiger partial charge is 0.243 e. The largest absolute Gasteiger partial charge is 0.344 e. The molecule has 0 spiro atoms. The van der Waals surface area contributed by atoms with Crippen molar-refractivity contribution in [1.82, 2.24) is 9.62 Å². The minimum Gasteiger partial charge on any atom is -0.344 e. The van der Waals surface area contributed by atoms with Crippen LogP contribution in [-0.4, -0.2) is 25.2 Å². The van der Waals surface area contributed by atoms with Crippen LogP contribution in [-0.2, 0) is 21.4 Å². The van der Waals surface area contributed by atoms with Crippen molar-refractivity contribution < 1.29 is 13.2 Å². The summed E-state index contributed by atoms with van der Waals surface area (Å²) in [5.41, 5.74) is 3.73. The number of aryl methyl sites for hydroxylation is 1. The second-order valence-electron chi connectivity index (χ2n) is 8.39. The number of sulfonamides is 1. The summed E-state index contributed by atoms with van der Waals surface area (Å²) in [4.78, 5) is 13.5. The predicted octanol–water partition coefficient (Wildman–Crippen LogP) is 5.09. The second kappa shape index (κ2) is 11.1. The van der Waals surface area contributed by atoms with Gasteiger partial charge in [0.25, 0.3) is 0 Å². The van der Waals surface area contributed by atoms with Gasteiger partial charge in [0.15, 0.2) is 0 Å². The van der Waals surface area contributed by atoms with Gasteiger partial charge in [0.1, 0.15) is 0 Å². The standard InChI is InChI=1S/C29H28N2O3S/c1-23-17-19-24(20-18-23)21-31(35(33,34)27-15-9-4-10-16-27)22-28(32)30-29(25-11-5-2-6-12-25)26-13-7-3-8-14-26/h2-20,29H,21-22H2,1H3,(H,30,32). The Kier molecular flexibility index (Phi) is 7.75. The van der Waals surface area contributed by atoms with Gasteiger partial charge in [-0.05, 0) is 35.7 Å². The molecular formula is C29H28N2O3S. The molecule has 1 N–H and O–H groups in total. The fourth-order valence-electron chi connectivity index (χ4n) is 3.88. The molecule has 0 aromatic heterocycles. The molecule has 0 heterocycles. The van der Waals surface area contributed by atoms with Gasteiger partial charge < -0.3 is 5.32 Å². The average Bonchev–Trinajstić information content (AvgIpc) is 2.89. The van der Waals surface area contributed by atoms with Crippen LogP contribution in [0.15, 0.2) is 120 Å². The van der Waals surface area contributed by atoms with Crippen molar-refractivity contribution in [3.05, 3.63) is 138 Å². The summed E-state index contributed by atoms with van der Waals surface area (Å²) in [5.74, 6) is -0.380. The minimum atomic E-state index is -3.90. The molecule has 0 aliphatic rings. The molecule has 6 heteroatoms. The molecule has 0 fully saturated rings. The lowest BCUT2D eigenvalue weighted by atomic mass is 9.99. The van der Waals surface area contributed by atoms with Crippen molar-refractivity contribution in [2.75, 3.05) is 6.54 Å². The Hall–Kier alpha value is -3.74. The van der Waals surface area contributed by atoms with Crippen LogP contribution in [0.1, 0.15) is 28.3 Å². The molecule has 0 aliphatic heterocycles. The van der Waals surface area contributed by atoms with E-state index < -0.39 is 16.1 Å². The van der Waals surface area contributed by atoms with Gasteiger partial charge in [-0.1, -0.05) is 109 Å². The van der Waals surface area contributed by atoms with E-state index in [1.165, 1.54) is 4.31 Å².